The highest BCUT2D eigenvalue weighted by atomic mass is 16.5. The minimum atomic E-state index is -0.372. The molecule has 162 valence electrons. The topological polar surface area (TPSA) is 58.6 Å². The molecule has 0 atom stereocenters. The number of carbonyl (C=O) groups excluding carboxylic acids is 2. The van der Waals surface area contributed by atoms with Gasteiger partial charge in [0.2, 0.25) is 0 Å². The number of anilines is 2. The number of para-hydroxylation sites is 1. The highest BCUT2D eigenvalue weighted by molar-refractivity contribution is 6.46. The molecule has 0 bridgehead atoms. The summed E-state index contributed by atoms with van der Waals surface area (Å²) in [5.41, 5.74) is 4.51. The van der Waals surface area contributed by atoms with Gasteiger partial charge in [-0.3, -0.25) is 9.59 Å². The number of aryl methyl sites for hydroxylation is 2. The minimum absolute atomic E-state index is 0.0462. The highest BCUT2D eigenvalue weighted by Gasteiger charge is 2.40. The number of benzene rings is 3. The van der Waals surface area contributed by atoms with Crippen LogP contribution in [0.4, 0.5) is 11.4 Å². The zero-order valence-electron chi connectivity index (χ0n) is 18.7. The Bertz CT molecular complexity index is 1210. The number of carbonyl (C=O) groups is 2. The van der Waals surface area contributed by atoms with Crippen LogP contribution in [-0.4, -0.2) is 17.9 Å². The van der Waals surface area contributed by atoms with Crippen LogP contribution in [0.25, 0.3) is 5.57 Å². The zero-order valence-corrected chi connectivity index (χ0v) is 18.7. The lowest BCUT2D eigenvalue weighted by molar-refractivity contribution is -0.120. The number of ether oxygens (including phenoxy) is 1. The van der Waals surface area contributed by atoms with Crippen LogP contribution in [0.15, 0.2) is 78.5 Å². The molecule has 1 N–H and O–H groups in total. The third-order valence-corrected chi connectivity index (χ3v) is 5.24. The molecule has 0 spiro atoms. The third kappa shape index (κ3) is 4.14. The largest absolute Gasteiger partial charge is 0.491 e. The molecule has 1 aliphatic heterocycles. The van der Waals surface area contributed by atoms with Gasteiger partial charge in [-0.2, -0.15) is 0 Å². The first-order valence-corrected chi connectivity index (χ1v) is 10.6. The summed E-state index contributed by atoms with van der Waals surface area (Å²) in [6.45, 7) is 7.79. The Hall–Kier alpha value is -3.86. The van der Waals surface area contributed by atoms with Crippen molar-refractivity contribution in [2.45, 2.75) is 33.8 Å². The SMILES string of the molecule is Cc1cccc(NC2=C(c3ccc(OC(C)C)cc3)C(=O)N(c3ccccc3C)C2=O)c1. The van der Waals surface area contributed by atoms with Crippen LogP contribution in [0.5, 0.6) is 5.75 Å². The van der Waals surface area contributed by atoms with E-state index >= 15 is 0 Å². The zero-order chi connectivity index (χ0) is 22.8. The van der Waals surface area contributed by atoms with Crippen molar-refractivity contribution in [2.75, 3.05) is 10.2 Å². The molecule has 0 saturated carbocycles. The summed E-state index contributed by atoms with van der Waals surface area (Å²) >= 11 is 0. The first-order chi connectivity index (χ1) is 15.3. The summed E-state index contributed by atoms with van der Waals surface area (Å²) in [6.07, 6.45) is 0.0462. The average molecular weight is 427 g/mol. The van der Waals surface area contributed by atoms with E-state index in [0.29, 0.717) is 22.6 Å². The number of nitrogens with one attached hydrogen (secondary N) is 1. The Labute approximate surface area is 188 Å². The van der Waals surface area contributed by atoms with Crippen molar-refractivity contribution in [2.24, 2.45) is 0 Å². The molecule has 0 aromatic heterocycles. The Balaban J connectivity index is 1.80. The van der Waals surface area contributed by atoms with Crippen LogP contribution >= 0.6 is 0 Å². The van der Waals surface area contributed by atoms with Gasteiger partial charge in [-0.25, -0.2) is 4.90 Å². The minimum Gasteiger partial charge on any atom is -0.491 e. The Morgan fingerprint density at radius 2 is 1.56 bits per heavy atom. The molecule has 5 nitrogen and oxygen atoms in total. The van der Waals surface area contributed by atoms with Gasteiger partial charge < -0.3 is 10.1 Å². The summed E-state index contributed by atoms with van der Waals surface area (Å²) in [5, 5.41) is 3.21. The van der Waals surface area contributed by atoms with E-state index in [1.54, 1.807) is 6.07 Å². The van der Waals surface area contributed by atoms with Crippen LogP contribution in [0.3, 0.4) is 0 Å². The fraction of sp³-hybridized carbons (Fsp3) is 0.185. The molecular formula is C27H26N2O3. The smallest absolute Gasteiger partial charge is 0.282 e. The number of imide groups is 1. The third-order valence-electron chi connectivity index (χ3n) is 5.24. The van der Waals surface area contributed by atoms with E-state index < -0.39 is 0 Å². The van der Waals surface area contributed by atoms with Crippen LogP contribution in [-0.2, 0) is 9.59 Å². The van der Waals surface area contributed by atoms with Gasteiger partial charge in [-0.15, -0.1) is 0 Å². The van der Waals surface area contributed by atoms with E-state index in [0.717, 1.165) is 16.8 Å². The molecule has 0 radical (unpaired) electrons. The lowest BCUT2D eigenvalue weighted by Gasteiger charge is -2.17. The second-order valence-electron chi connectivity index (χ2n) is 8.17. The van der Waals surface area contributed by atoms with Gasteiger partial charge in [0.15, 0.2) is 0 Å². The number of amides is 2. The van der Waals surface area contributed by atoms with E-state index in [2.05, 4.69) is 5.32 Å². The van der Waals surface area contributed by atoms with Gasteiger partial charge in [0.05, 0.1) is 17.4 Å². The Morgan fingerprint density at radius 3 is 2.22 bits per heavy atom. The second-order valence-corrected chi connectivity index (χ2v) is 8.17. The molecule has 1 aliphatic rings. The van der Waals surface area contributed by atoms with Crippen LogP contribution in [0.1, 0.15) is 30.5 Å². The molecule has 2 amide bonds. The maximum absolute atomic E-state index is 13.6. The van der Waals surface area contributed by atoms with Gasteiger partial charge in [-0.1, -0.05) is 42.5 Å². The summed E-state index contributed by atoms with van der Waals surface area (Å²) in [5.74, 6) is -0.00892. The van der Waals surface area contributed by atoms with E-state index in [-0.39, 0.29) is 23.6 Å². The fourth-order valence-corrected chi connectivity index (χ4v) is 3.79. The number of hydrogen-bond acceptors (Lipinski definition) is 4. The highest BCUT2D eigenvalue weighted by Crippen LogP contribution is 2.35. The van der Waals surface area contributed by atoms with Gasteiger partial charge in [0.25, 0.3) is 11.8 Å². The average Bonchev–Trinajstić information content (AvgIpc) is 2.98. The molecule has 3 aromatic rings. The fourth-order valence-electron chi connectivity index (χ4n) is 3.79. The van der Waals surface area contributed by atoms with Crippen LogP contribution < -0.4 is 15.0 Å². The monoisotopic (exact) mass is 426 g/mol. The van der Waals surface area contributed by atoms with Crippen molar-refractivity contribution in [3.63, 3.8) is 0 Å². The van der Waals surface area contributed by atoms with Crippen molar-refractivity contribution >= 4 is 28.8 Å². The summed E-state index contributed by atoms with van der Waals surface area (Å²) < 4.78 is 5.73. The number of rotatable bonds is 6. The molecule has 0 saturated heterocycles. The Kier molecular flexibility index (Phi) is 5.82. The lowest BCUT2D eigenvalue weighted by atomic mass is 10.0. The summed E-state index contributed by atoms with van der Waals surface area (Å²) in [6, 6.07) is 22.4. The molecule has 4 rings (SSSR count). The van der Waals surface area contributed by atoms with Gasteiger partial charge >= 0.3 is 0 Å². The Morgan fingerprint density at radius 1 is 0.844 bits per heavy atom. The number of nitrogens with zero attached hydrogens (tertiary/aromatic N) is 1. The summed E-state index contributed by atoms with van der Waals surface area (Å²) in [4.78, 5) is 28.3. The predicted molar refractivity (Wildman–Crippen MR) is 128 cm³/mol. The van der Waals surface area contributed by atoms with Gasteiger partial charge in [0.1, 0.15) is 11.4 Å². The van der Waals surface area contributed by atoms with E-state index in [9.17, 15) is 9.59 Å². The van der Waals surface area contributed by atoms with Crippen molar-refractivity contribution < 1.29 is 14.3 Å². The first-order valence-electron chi connectivity index (χ1n) is 10.6. The van der Waals surface area contributed by atoms with E-state index in [1.807, 2.05) is 94.4 Å². The van der Waals surface area contributed by atoms with Crippen molar-refractivity contribution in [1.82, 2.24) is 0 Å². The van der Waals surface area contributed by atoms with Gasteiger partial charge in [-0.05, 0) is 74.7 Å². The molecule has 1 heterocycles. The molecular weight excluding hydrogens is 400 g/mol. The molecule has 3 aromatic carbocycles. The molecule has 32 heavy (non-hydrogen) atoms. The van der Waals surface area contributed by atoms with Crippen molar-refractivity contribution in [1.29, 1.82) is 0 Å². The molecule has 5 heteroatoms. The van der Waals surface area contributed by atoms with E-state index in [1.165, 1.54) is 4.90 Å². The normalized spacial score (nSPS) is 13.8. The standard InChI is InChI=1S/C27H26N2O3/c1-17(2)32-22-14-12-20(13-15-22)24-25(28-21-10-7-8-18(3)16-21)27(31)29(26(24)30)23-11-6-5-9-19(23)4/h5-17,28H,1-4H3. The maximum Gasteiger partial charge on any atom is 0.282 e. The van der Waals surface area contributed by atoms with Crippen LogP contribution in [0.2, 0.25) is 0 Å². The van der Waals surface area contributed by atoms with Crippen LogP contribution in [0, 0.1) is 13.8 Å². The quantitative estimate of drug-likeness (QED) is 0.530. The first kappa shape index (κ1) is 21.4. The second kappa shape index (κ2) is 8.71. The molecule has 0 aliphatic carbocycles. The maximum atomic E-state index is 13.6. The lowest BCUT2D eigenvalue weighted by Crippen LogP contribution is -2.33. The van der Waals surface area contributed by atoms with Gasteiger partial charge in [0, 0.05) is 5.69 Å². The van der Waals surface area contributed by atoms with Crippen molar-refractivity contribution in [3.05, 3.63) is 95.2 Å². The van der Waals surface area contributed by atoms with E-state index in [4.69, 9.17) is 4.74 Å². The summed E-state index contributed by atoms with van der Waals surface area (Å²) in [7, 11) is 0. The molecule has 0 unspecified atom stereocenters. The predicted octanol–water partition coefficient (Wildman–Crippen LogP) is 5.49. The van der Waals surface area contributed by atoms with Crippen molar-refractivity contribution in [3.8, 4) is 5.75 Å². The molecule has 0 fully saturated rings. The number of hydrogen-bond donors (Lipinski definition) is 1.